The van der Waals surface area contributed by atoms with Crippen LogP contribution in [0, 0.1) is 23.2 Å². The lowest BCUT2D eigenvalue weighted by Crippen LogP contribution is -2.61. The lowest BCUT2D eigenvalue weighted by molar-refractivity contribution is -0.143. The van der Waals surface area contributed by atoms with Crippen LogP contribution in [0.15, 0.2) is 18.2 Å². The van der Waals surface area contributed by atoms with Gasteiger partial charge in [0.2, 0.25) is 34.1 Å². The fourth-order valence-electron chi connectivity index (χ4n) is 8.70. The van der Waals surface area contributed by atoms with Crippen LogP contribution in [0.1, 0.15) is 105 Å². The molecule has 8 atom stereocenters. The number of nitrogens with zero attached hydrogens (tertiary/aromatic N) is 3. The summed E-state index contributed by atoms with van der Waals surface area (Å²) in [5, 5.41) is 5.26. The van der Waals surface area contributed by atoms with Gasteiger partial charge in [-0.25, -0.2) is 32.0 Å². The number of methoxy groups -OCH3 is 1. The smallest absolute Gasteiger partial charge is 0.408 e. The zero-order valence-electron chi connectivity index (χ0n) is 35.1. The van der Waals surface area contributed by atoms with E-state index in [4.69, 9.17) is 14.2 Å². The Balaban J connectivity index is 1.30. The Kier molecular flexibility index (Phi) is 11.7. The molecular formula is C41H54F4N6O9S. The highest BCUT2D eigenvalue weighted by Crippen LogP contribution is 2.50. The van der Waals surface area contributed by atoms with E-state index in [1.165, 1.54) is 26.2 Å². The third-order valence-corrected chi connectivity index (χ3v) is 15.2. The van der Waals surface area contributed by atoms with E-state index in [0.29, 0.717) is 25.0 Å². The van der Waals surface area contributed by atoms with Gasteiger partial charge in [0.15, 0.2) is 5.69 Å². The van der Waals surface area contributed by atoms with Gasteiger partial charge in [-0.3, -0.25) is 19.1 Å². The van der Waals surface area contributed by atoms with Gasteiger partial charge in [-0.15, -0.1) is 0 Å². The number of benzene rings is 1. The fourth-order valence-corrected chi connectivity index (χ4v) is 10.0. The average Bonchev–Trinajstić information content (AvgIpc) is 4.14. The quantitative estimate of drug-likeness (QED) is 0.275. The molecule has 20 heteroatoms. The Bertz CT molecular complexity index is 2190. The number of aromatic nitrogens is 2. The van der Waals surface area contributed by atoms with Crippen LogP contribution in [0.3, 0.4) is 0 Å². The topological polar surface area (TPSA) is 195 Å². The van der Waals surface area contributed by atoms with E-state index in [2.05, 4.69) is 20.6 Å². The zero-order chi connectivity index (χ0) is 44.4. The number of sulfonamides is 1. The molecule has 7 rings (SSSR count). The largest absolute Gasteiger partial charge is 0.497 e. The molecule has 4 amide bonds. The summed E-state index contributed by atoms with van der Waals surface area (Å²) in [6, 6.07) is 1.69. The molecule has 3 saturated carbocycles. The maximum absolute atomic E-state index is 16.4. The van der Waals surface area contributed by atoms with Crippen molar-refractivity contribution in [2.45, 2.75) is 146 Å². The number of rotatable bonds is 9. The van der Waals surface area contributed by atoms with E-state index in [1.54, 1.807) is 33.8 Å². The van der Waals surface area contributed by atoms with Gasteiger partial charge in [-0.2, -0.15) is 8.78 Å². The number of halogens is 4. The van der Waals surface area contributed by atoms with E-state index in [9.17, 15) is 36.4 Å². The Morgan fingerprint density at radius 1 is 1.07 bits per heavy atom. The fraction of sp³-hybridized carbons (Fsp3) is 0.707. The number of alkyl halides is 4. The van der Waals surface area contributed by atoms with Crippen molar-refractivity contribution >= 4 is 44.9 Å². The summed E-state index contributed by atoms with van der Waals surface area (Å²) >= 11 is 0. The van der Waals surface area contributed by atoms with Crippen molar-refractivity contribution in [2.24, 2.45) is 23.2 Å². The number of amides is 4. The molecule has 2 aliphatic heterocycles. The van der Waals surface area contributed by atoms with E-state index < -0.39 is 129 Å². The maximum Gasteiger partial charge on any atom is 0.408 e. The first kappa shape index (κ1) is 44.6. The molecule has 15 nitrogen and oxygen atoms in total. The second-order valence-corrected chi connectivity index (χ2v) is 20.8. The molecule has 3 N–H and O–H groups in total. The normalized spacial score (nSPS) is 31.0. The van der Waals surface area contributed by atoms with Crippen molar-refractivity contribution in [1.29, 1.82) is 0 Å². The molecule has 3 aliphatic carbocycles. The number of hydrogen-bond donors (Lipinski definition) is 3. The Labute approximate surface area is 351 Å². The van der Waals surface area contributed by atoms with E-state index >= 15 is 8.78 Å². The van der Waals surface area contributed by atoms with Crippen LogP contribution in [0.5, 0.6) is 11.6 Å². The van der Waals surface area contributed by atoms with Crippen LogP contribution < -0.4 is 24.8 Å². The van der Waals surface area contributed by atoms with Crippen LogP contribution in [0.25, 0.3) is 11.0 Å². The predicted molar refractivity (Wildman–Crippen MR) is 211 cm³/mol. The lowest BCUT2D eigenvalue weighted by Gasteiger charge is -2.36. The summed E-state index contributed by atoms with van der Waals surface area (Å²) in [6.45, 7) is 7.76. The summed E-state index contributed by atoms with van der Waals surface area (Å²) < 4.78 is 105. The Hall–Kier alpha value is -4.49. The van der Waals surface area contributed by atoms with Crippen LogP contribution in [-0.4, -0.2) is 102 Å². The molecule has 4 fully saturated rings. The number of hydrogen-bond acceptors (Lipinski definition) is 11. The third-order valence-electron chi connectivity index (χ3n) is 13.0. The molecule has 1 aromatic carbocycles. The number of fused-ring (bicyclic) bond motifs is 5. The monoisotopic (exact) mass is 882 g/mol. The molecule has 5 aliphatic rings. The number of carbonyl (C=O) groups is 4. The SMILES string of the molecule is CC[C@@H]1[C@@H]2CN(C(=O)[C@H](C(C)(C)C)NC(=O)O[C@@H]3C[C@H]3CCCCC(F)(F)c3nc4ccc(OC)cc4nc3O2)[C@@H]1C(=O)N[C@]1(C(=O)NS(=O)(=O)C2(C)CC2)C[C@H]1CC(F)F. The van der Waals surface area contributed by atoms with Crippen LogP contribution in [0.2, 0.25) is 0 Å². The number of ether oxygens (including phenoxy) is 3. The van der Waals surface area contributed by atoms with Gasteiger partial charge in [-0.1, -0.05) is 34.1 Å². The van der Waals surface area contributed by atoms with Crippen molar-refractivity contribution in [3.8, 4) is 11.6 Å². The second-order valence-electron chi connectivity index (χ2n) is 18.6. The van der Waals surface area contributed by atoms with Crippen molar-refractivity contribution in [3.63, 3.8) is 0 Å². The zero-order valence-corrected chi connectivity index (χ0v) is 35.9. The molecule has 1 saturated heterocycles. The molecule has 3 heterocycles. The van der Waals surface area contributed by atoms with Crippen LogP contribution >= 0.6 is 0 Å². The highest BCUT2D eigenvalue weighted by atomic mass is 32.2. The van der Waals surface area contributed by atoms with Gasteiger partial charge in [0.25, 0.3) is 11.8 Å². The standard InChI is InChI=1S/C41H54F4N6O9S/c1-7-24-28-20-51(30(24)33(52)49-40(19-22(40)17-29(42)43)36(54)50-61(56,57)39(5)14-15-39)35(53)32(38(2,3)4)48-37(55)60-27-16-21(27)10-8-9-13-41(44,45)31-34(59-28)47-26-18-23(58-6)11-12-25(26)46-31/h11-12,18,21-22,24,27-30,32H,7-10,13-17,19-20H2,1-6H3,(H,48,55)(H,49,52)(H,50,54)/t21-,22-,24-,27-,28+,30+,32-,40-/m1/s1. The number of alkyl carbamates (subject to hydrolysis) is 1. The molecule has 336 valence electrons. The minimum Gasteiger partial charge on any atom is -0.497 e. The van der Waals surface area contributed by atoms with Gasteiger partial charge < -0.3 is 29.7 Å². The van der Waals surface area contributed by atoms with Gasteiger partial charge >= 0.3 is 6.09 Å². The number of carbonyl (C=O) groups excluding carboxylic acids is 4. The molecular weight excluding hydrogens is 829 g/mol. The second kappa shape index (κ2) is 16.0. The highest BCUT2D eigenvalue weighted by Gasteiger charge is 2.65. The molecule has 1 aromatic heterocycles. The Morgan fingerprint density at radius 2 is 1.79 bits per heavy atom. The summed E-state index contributed by atoms with van der Waals surface area (Å²) in [5.74, 6) is -8.87. The first-order valence-electron chi connectivity index (χ1n) is 20.9. The van der Waals surface area contributed by atoms with Gasteiger partial charge in [0.1, 0.15) is 35.6 Å². The first-order chi connectivity index (χ1) is 28.5. The molecule has 2 aromatic rings. The molecule has 61 heavy (non-hydrogen) atoms. The molecule has 0 spiro atoms. The summed E-state index contributed by atoms with van der Waals surface area (Å²) in [6.07, 6.45) is -5.04. The van der Waals surface area contributed by atoms with E-state index in [0.717, 1.165) is 4.90 Å². The average molecular weight is 883 g/mol. The number of nitrogens with one attached hydrogen (secondary N) is 3. The van der Waals surface area contributed by atoms with E-state index in [-0.39, 0.29) is 49.1 Å². The Morgan fingerprint density at radius 3 is 2.43 bits per heavy atom. The molecule has 2 bridgehead atoms. The summed E-state index contributed by atoms with van der Waals surface area (Å²) in [4.78, 5) is 66.8. The molecule has 0 unspecified atom stereocenters. The summed E-state index contributed by atoms with van der Waals surface area (Å²) in [7, 11) is -2.83. The van der Waals surface area contributed by atoms with Crippen molar-refractivity contribution < 1.29 is 59.4 Å². The van der Waals surface area contributed by atoms with Crippen molar-refractivity contribution in [1.82, 2.24) is 30.2 Å². The first-order valence-corrected chi connectivity index (χ1v) is 22.4. The lowest BCUT2D eigenvalue weighted by atomic mass is 9.85. The van der Waals surface area contributed by atoms with Gasteiger partial charge in [0.05, 0.1) is 29.4 Å². The maximum atomic E-state index is 16.4. The third kappa shape index (κ3) is 8.92. The minimum absolute atomic E-state index is 0.0583. The van der Waals surface area contributed by atoms with Gasteiger partial charge in [-0.05, 0) is 81.3 Å². The van der Waals surface area contributed by atoms with Crippen LogP contribution in [0.4, 0.5) is 22.4 Å². The summed E-state index contributed by atoms with van der Waals surface area (Å²) in [5.41, 5.74) is -3.50. The predicted octanol–water partition coefficient (Wildman–Crippen LogP) is 5.35. The van der Waals surface area contributed by atoms with Crippen molar-refractivity contribution in [3.05, 3.63) is 23.9 Å². The van der Waals surface area contributed by atoms with E-state index in [1.807, 2.05) is 4.72 Å². The minimum atomic E-state index is -4.26. The van der Waals surface area contributed by atoms with Gasteiger partial charge in [0, 0.05) is 24.8 Å². The van der Waals surface area contributed by atoms with Crippen molar-refractivity contribution in [2.75, 3.05) is 13.7 Å². The molecule has 0 radical (unpaired) electrons. The van der Waals surface area contributed by atoms with Crippen LogP contribution in [-0.2, 0) is 35.1 Å². The highest BCUT2D eigenvalue weighted by molar-refractivity contribution is 7.91.